The lowest BCUT2D eigenvalue weighted by atomic mass is 10.1. The summed E-state index contributed by atoms with van der Waals surface area (Å²) >= 11 is 1.35. The largest absolute Gasteiger partial charge is 0.494 e. The highest BCUT2D eigenvalue weighted by atomic mass is 32.1. The summed E-state index contributed by atoms with van der Waals surface area (Å²) in [6.45, 7) is 2.68. The van der Waals surface area contributed by atoms with E-state index in [1.807, 2.05) is 6.92 Å². The smallest absolute Gasteiger partial charge is 0.257 e. The number of amides is 2. The van der Waals surface area contributed by atoms with Gasteiger partial charge in [0.15, 0.2) is 5.13 Å². The van der Waals surface area contributed by atoms with Crippen LogP contribution in [0.2, 0.25) is 0 Å². The number of hydrogen-bond acceptors (Lipinski definition) is 5. The van der Waals surface area contributed by atoms with Crippen LogP contribution in [-0.4, -0.2) is 23.4 Å². The highest BCUT2D eigenvalue weighted by molar-refractivity contribution is 7.13. The third-order valence-electron chi connectivity index (χ3n) is 3.65. The van der Waals surface area contributed by atoms with Gasteiger partial charge in [0.1, 0.15) is 5.75 Å². The van der Waals surface area contributed by atoms with Crippen LogP contribution in [0, 0.1) is 0 Å². The minimum absolute atomic E-state index is 0.225. The van der Waals surface area contributed by atoms with Crippen LogP contribution < -0.4 is 15.4 Å². The Morgan fingerprint density at radius 1 is 0.963 bits per heavy atom. The Balaban J connectivity index is 1.58. The van der Waals surface area contributed by atoms with Gasteiger partial charge in [-0.3, -0.25) is 14.9 Å². The summed E-state index contributed by atoms with van der Waals surface area (Å²) in [4.78, 5) is 28.5. The average Bonchev–Trinajstić information content (AvgIpc) is 3.20. The molecule has 0 fully saturated rings. The summed E-state index contributed by atoms with van der Waals surface area (Å²) in [6.07, 6.45) is 2.56. The SMILES string of the molecule is CCCOc1ccc(C(=O)Nc2ccc(C(=O)Nc3nccs3)cc2)cc1. The number of ether oxygens (including phenoxy) is 1. The van der Waals surface area contributed by atoms with E-state index >= 15 is 0 Å². The van der Waals surface area contributed by atoms with E-state index in [2.05, 4.69) is 15.6 Å². The molecule has 2 aromatic carbocycles. The van der Waals surface area contributed by atoms with Gasteiger partial charge < -0.3 is 10.1 Å². The van der Waals surface area contributed by atoms with Gasteiger partial charge in [-0.15, -0.1) is 11.3 Å². The fourth-order valence-electron chi connectivity index (χ4n) is 2.29. The Morgan fingerprint density at radius 2 is 1.59 bits per heavy atom. The van der Waals surface area contributed by atoms with Gasteiger partial charge in [0, 0.05) is 28.4 Å². The quantitative estimate of drug-likeness (QED) is 0.634. The number of nitrogens with one attached hydrogen (secondary N) is 2. The third-order valence-corrected chi connectivity index (χ3v) is 4.34. The maximum Gasteiger partial charge on any atom is 0.257 e. The normalized spacial score (nSPS) is 10.3. The first-order chi connectivity index (χ1) is 13.2. The number of hydrogen-bond donors (Lipinski definition) is 2. The molecule has 2 N–H and O–H groups in total. The zero-order valence-corrected chi connectivity index (χ0v) is 15.6. The van der Waals surface area contributed by atoms with Gasteiger partial charge in [0.05, 0.1) is 6.61 Å². The number of carbonyl (C=O) groups excluding carboxylic acids is 2. The molecule has 138 valence electrons. The van der Waals surface area contributed by atoms with Crippen molar-refractivity contribution in [3.63, 3.8) is 0 Å². The van der Waals surface area contributed by atoms with Crippen molar-refractivity contribution in [2.45, 2.75) is 13.3 Å². The first-order valence-electron chi connectivity index (χ1n) is 8.51. The molecule has 0 saturated carbocycles. The maximum absolute atomic E-state index is 12.3. The zero-order chi connectivity index (χ0) is 19.1. The van der Waals surface area contributed by atoms with Gasteiger partial charge in [0.2, 0.25) is 0 Å². The molecule has 0 aliphatic rings. The van der Waals surface area contributed by atoms with Gasteiger partial charge >= 0.3 is 0 Å². The number of thiazole rings is 1. The molecule has 1 aromatic heterocycles. The Morgan fingerprint density at radius 3 is 2.19 bits per heavy atom. The number of anilines is 2. The molecule has 1 heterocycles. The predicted octanol–water partition coefficient (Wildman–Crippen LogP) is 4.44. The molecular weight excluding hydrogens is 362 g/mol. The lowest BCUT2D eigenvalue weighted by Crippen LogP contribution is -2.13. The molecule has 0 aliphatic heterocycles. The second kappa shape index (κ2) is 8.95. The van der Waals surface area contributed by atoms with Gasteiger partial charge in [0.25, 0.3) is 11.8 Å². The van der Waals surface area contributed by atoms with E-state index in [-0.39, 0.29) is 11.8 Å². The Hall–Kier alpha value is -3.19. The van der Waals surface area contributed by atoms with Gasteiger partial charge in [-0.1, -0.05) is 6.92 Å². The highest BCUT2D eigenvalue weighted by Crippen LogP contribution is 2.16. The van der Waals surface area contributed by atoms with E-state index in [0.29, 0.717) is 28.6 Å². The minimum Gasteiger partial charge on any atom is -0.494 e. The molecule has 0 bridgehead atoms. The molecule has 0 unspecified atom stereocenters. The predicted molar refractivity (Wildman–Crippen MR) is 107 cm³/mol. The van der Waals surface area contributed by atoms with E-state index in [1.54, 1.807) is 60.1 Å². The molecule has 0 atom stereocenters. The summed E-state index contributed by atoms with van der Waals surface area (Å²) in [5, 5.41) is 7.86. The number of rotatable bonds is 7. The number of aromatic nitrogens is 1. The van der Waals surface area contributed by atoms with Crippen molar-refractivity contribution < 1.29 is 14.3 Å². The van der Waals surface area contributed by atoms with Crippen molar-refractivity contribution in [1.29, 1.82) is 0 Å². The molecule has 0 spiro atoms. The first-order valence-corrected chi connectivity index (χ1v) is 9.39. The Kier molecular flexibility index (Phi) is 6.17. The first kappa shape index (κ1) is 18.6. The molecule has 27 heavy (non-hydrogen) atoms. The Bertz CT molecular complexity index is 891. The summed E-state index contributed by atoms with van der Waals surface area (Å²) in [7, 11) is 0. The standard InChI is InChI=1S/C20H19N3O3S/c1-2-12-26-17-9-5-15(6-10-17)18(24)22-16-7-3-14(4-8-16)19(25)23-20-21-11-13-27-20/h3-11,13H,2,12H2,1H3,(H,22,24)(H,21,23,25). The molecule has 0 radical (unpaired) electrons. The molecular formula is C20H19N3O3S. The van der Waals surface area contributed by atoms with E-state index < -0.39 is 0 Å². The summed E-state index contributed by atoms with van der Waals surface area (Å²) in [5.74, 6) is 0.270. The van der Waals surface area contributed by atoms with Crippen LogP contribution in [0.3, 0.4) is 0 Å². The topological polar surface area (TPSA) is 80.3 Å². The monoisotopic (exact) mass is 381 g/mol. The zero-order valence-electron chi connectivity index (χ0n) is 14.8. The number of carbonyl (C=O) groups is 2. The number of nitrogens with zero attached hydrogens (tertiary/aromatic N) is 1. The van der Waals surface area contributed by atoms with E-state index in [1.165, 1.54) is 11.3 Å². The van der Waals surface area contributed by atoms with Crippen molar-refractivity contribution in [3.05, 3.63) is 71.2 Å². The molecule has 6 nitrogen and oxygen atoms in total. The van der Waals surface area contributed by atoms with Crippen LogP contribution in [-0.2, 0) is 0 Å². The van der Waals surface area contributed by atoms with Crippen LogP contribution in [0.5, 0.6) is 5.75 Å². The van der Waals surface area contributed by atoms with Gasteiger partial charge in [-0.2, -0.15) is 0 Å². The molecule has 7 heteroatoms. The van der Waals surface area contributed by atoms with Crippen molar-refractivity contribution >= 4 is 34.0 Å². The van der Waals surface area contributed by atoms with E-state index in [9.17, 15) is 9.59 Å². The molecule has 0 aliphatic carbocycles. The summed E-state index contributed by atoms with van der Waals surface area (Å²) < 4.78 is 5.51. The summed E-state index contributed by atoms with van der Waals surface area (Å²) in [5.41, 5.74) is 1.63. The van der Waals surface area contributed by atoms with Crippen molar-refractivity contribution in [2.75, 3.05) is 17.2 Å². The van der Waals surface area contributed by atoms with Gasteiger partial charge in [-0.05, 0) is 55.0 Å². The molecule has 3 aromatic rings. The fraction of sp³-hybridized carbons (Fsp3) is 0.150. The average molecular weight is 381 g/mol. The number of benzene rings is 2. The molecule has 2 amide bonds. The highest BCUT2D eigenvalue weighted by Gasteiger charge is 2.09. The Labute approximate surface area is 161 Å². The molecule has 0 saturated heterocycles. The van der Waals surface area contributed by atoms with Gasteiger partial charge in [-0.25, -0.2) is 4.98 Å². The van der Waals surface area contributed by atoms with E-state index in [4.69, 9.17) is 4.74 Å². The second-order valence-electron chi connectivity index (χ2n) is 5.70. The second-order valence-corrected chi connectivity index (χ2v) is 6.59. The lowest BCUT2D eigenvalue weighted by molar-refractivity contribution is 0.102. The van der Waals surface area contributed by atoms with Crippen LogP contribution in [0.15, 0.2) is 60.1 Å². The minimum atomic E-state index is -0.245. The fourth-order valence-corrected chi connectivity index (χ4v) is 2.81. The lowest BCUT2D eigenvalue weighted by Gasteiger charge is -2.08. The van der Waals surface area contributed by atoms with Crippen LogP contribution in [0.1, 0.15) is 34.1 Å². The van der Waals surface area contributed by atoms with E-state index in [0.717, 1.165) is 12.2 Å². The van der Waals surface area contributed by atoms with Crippen molar-refractivity contribution in [2.24, 2.45) is 0 Å². The summed E-state index contributed by atoms with van der Waals surface area (Å²) in [6, 6.07) is 13.7. The van der Waals surface area contributed by atoms with Crippen LogP contribution >= 0.6 is 11.3 Å². The molecule has 3 rings (SSSR count). The van der Waals surface area contributed by atoms with Crippen molar-refractivity contribution in [1.82, 2.24) is 4.98 Å². The third kappa shape index (κ3) is 5.15. The van der Waals surface area contributed by atoms with Crippen LogP contribution in [0.4, 0.5) is 10.8 Å². The van der Waals surface area contributed by atoms with Crippen molar-refractivity contribution in [3.8, 4) is 5.75 Å². The van der Waals surface area contributed by atoms with Crippen LogP contribution in [0.25, 0.3) is 0 Å². The maximum atomic E-state index is 12.3.